The van der Waals surface area contributed by atoms with E-state index in [4.69, 9.17) is 14.2 Å². The summed E-state index contributed by atoms with van der Waals surface area (Å²) >= 11 is 3.56. The van der Waals surface area contributed by atoms with Crippen molar-refractivity contribution in [2.75, 3.05) is 13.7 Å². The Kier molecular flexibility index (Phi) is 4.89. The zero-order chi connectivity index (χ0) is 13.0. The van der Waals surface area contributed by atoms with Crippen molar-refractivity contribution in [3.05, 3.63) is 24.3 Å². The number of hydrogen-bond donors (Lipinski definition) is 0. The molecule has 1 fully saturated rings. The molecule has 3 atom stereocenters. The van der Waals surface area contributed by atoms with E-state index in [0.717, 1.165) is 30.9 Å². The first kappa shape index (κ1) is 13.7. The summed E-state index contributed by atoms with van der Waals surface area (Å²) in [4.78, 5) is 0.402. The average Bonchev–Trinajstić information content (AvgIpc) is 2.37. The van der Waals surface area contributed by atoms with Crippen molar-refractivity contribution in [2.45, 2.75) is 36.8 Å². The molecule has 1 saturated carbocycles. The van der Waals surface area contributed by atoms with E-state index in [9.17, 15) is 0 Å². The summed E-state index contributed by atoms with van der Waals surface area (Å²) in [5.74, 6) is 1.75. The van der Waals surface area contributed by atoms with Gasteiger partial charge in [0.05, 0.1) is 6.61 Å². The lowest BCUT2D eigenvalue weighted by Crippen LogP contribution is -2.51. The molecule has 3 nitrogen and oxygen atoms in total. The first-order valence-electron chi connectivity index (χ1n) is 6.31. The van der Waals surface area contributed by atoms with E-state index in [1.807, 2.05) is 24.3 Å². The molecule has 100 valence electrons. The number of alkyl halides is 1. The Balaban J connectivity index is 1.86. The van der Waals surface area contributed by atoms with Crippen molar-refractivity contribution in [3.8, 4) is 11.5 Å². The van der Waals surface area contributed by atoms with Gasteiger partial charge in [-0.3, -0.25) is 0 Å². The minimum Gasteiger partial charge on any atom is -0.494 e. The van der Waals surface area contributed by atoms with E-state index < -0.39 is 0 Å². The van der Waals surface area contributed by atoms with Crippen molar-refractivity contribution >= 4 is 15.9 Å². The molecule has 3 unspecified atom stereocenters. The van der Waals surface area contributed by atoms with Gasteiger partial charge >= 0.3 is 0 Å². The van der Waals surface area contributed by atoms with Gasteiger partial charge in [0.2, 0.25) is 0 Å². The molecule has 1 aromatic carbocycles. The average molecular weight is 315 g/mol. The fraction of sp³-hybridized carbons (Fsp3) is 0.571. The normalized spacial score (nSPS) is 26.5. The molecule has 2 rings (SSSR count). The van der Waals surface area contributed by atoms with Gasteiger partial charge < -0.3 is 14.2 Å². The summed E-state index contributed by atoms with van der Waals surface area (Å²) in [7, 11) is 1.72. The number of rotatable bonds is 6. The van der Waals surface area contributed by atoms with E-state index in [1.54, 1.807) is 7.11 Å². The minimum absolute atomic E-state index is 0.140. The number of halogens is 1. The van der Waals surface area contributed by atoms with E-state index in [-0.39, 0.29) is 12.2 Å². The van der Waals surface area contributed by atoms with Crippen LogP contribution in [0.25, 0.3) is 0 Å². The summed E-state index contributed by atoms with van der Waals surface area (Å²) < 4.78 is 16.8. The van der Waals surface area contributed by atoms with Gasteiger partial charge in [-0.15, -0.1) is 0 Å². The Hall–Kier alpha value is -0.740. The maximum Gasteiger partial charge on any atom is 0.127 e. The van der Waals surface area contributed by atoms with Crippen LogP contribution < -0.4 is 9.47 Å². The van der Waals surface area contributed by atoms with Gasteiger partial charge in [-0.05, 0) is 30.7 Å². The van der Waals surface area contributed by atoms with Gasteiger partial charge in [-0.1, -0.05) is 22.9 Å². The number of ether oxygens (including phenoxy) is 3. The summed E-state index contributed by atoms with van der Waals surface area (Å²) in [6.45, 7) is 2.84. The number of methoxy groups -OCH3 is 1. The highest BCUT2D eigenvalue weighted by atomic mass is 79.9. The molecular weight excluding hydrogens is 296 g/mol. The van der Waals surface area contributed by atoms with Crippen molar-refractivity contribution in [1.82, 2.24) is 0 Å². The molecular formula is C14H19BrO3. The van der Waals surface area contributed by atoms with Crippen LogP contribution >= 0.6 is 15.9 Å². The lowest BCUT2D eigenvalue weighted by atomic mass is 9.91. The quantitative estimate of drug-likeness (QED) is 0.753. The molecule has 0 saturated heterocycles. The van der Waals surface area contributed by atoms with E-state index in [1.165, 1.54) is 0 Å². The smallest absolute Gasteiger partial charge is 0.127 e. The van der Waals surface area contributed by atoms with Gasteiger partial charge in [0.25, 0.3) is 0 Å². The molecule has 18 heavy (non-hydrogen) atoms. The van der Waals surface area contributed by atoms with Gasteiger partial charge in [-0.2, -0.15) is 0 Å². The van der Waals surface area contributed by atoms with Gasteiger partial charge in [0.1, 0.15) is 23.7 Å². The maximum atomic E-state index is 5.87. The van der Waals surface area contributed by atoms with Crippen LogP contribution in [0.15, 0.2) is 24.3 Å². The zero-order valence-electron chi connectivity index (χ0n) is 10.8. The van der Waals surface area contributed by atoms with Gasteiger partial charge in [0.15, 0.2) is 0 Å². The van der Waals surface area contributed by atoms with Crippen molar-refractivity contribution < 1.29 is 14.2 Å². The Morgan fingerprint density at radius 3 is 2.44 bits per heavy atom. The minimum atomic E-state index is 0.140. The Morgan fingerprint density at radius 2 is 1.89 bits per heavy atom. The highest BCUT2D eigenvalue weighted by Gasteiger charge is 2.41. The Labute approximate surface area is 117 Å². The van der Waals surface area contributed by atoms with Crippen molar-refractivity contribution in [3.63, 3.8) is 0 Å². The molecule has 1 aliphatic carbocycles. The first-order valence-corrected chi connectivity index (χ1v) is 7.22. The third kappa shape index (κ3) is 3.18. The van der Waals surface area contributed by atoms with Crippen LogP contribution in [-0.2, 0) is 4.74 Å². The van der Waals surface area contributed by atoms with Gasteiger partial charge in [0, 0.05) is 18.4 Å². The van der Waals surface area contributed by atoms with Crippen LogP contribution in [0.4, 0.5) is 0 Å². The van der Waals surface area contributed by atoms with Crippen molar-refractivity contribution in [1.29, 1.82) is 0 Å². The lowest BCUT2D eigenvalue weighted by molar-refractivity contribution is -0.0545. The largest absolute Gasteiger partial charge is 0.494 e. The zero-order valence-corrected chi connectivity index (χ0v) is 12.4. The summed E-state index contributed by atoms with van der Waals surface area (Å²) in [6, 6.07) is 7.77. The monoisotopic (exact) mass is 314 g/mol. The molecule has 0 bridgehead atoms. The summed E-state index contributed by atoms with van der Waals surface area (Å²) in [5.41, 5.74) is 0. The topological polar surface area (TPSA) is 27.7 Å². The number of benzene rings is 1. The van der Waals surface area contributed by atoms with Crippen molar-refractivity contribution in [2.24, 2.45) is 0 Å². The van der Waals surface area contributed by atoms with Crippen LogP contribution in [0, 0.1) is 0 Å². The molecule has 1 aromatic rings. The predicted molar refractivity (Wildman–Crippen MR) is 74.8 cm³/mol. The molecule has 0 N–H and O–H groups in total. The Bertz CT molecular complexity index is 366. The SMILES string of the molecule is CCCOc1ccc(OC2CC(Br)C2OC)cc1. The molecule has 0 heterocycles. The van der Waals surface area contributed by atoms with E-state index >= 15 is 0 Å². The molecule has 0 spiro atoms. The standard InChI is InChI=1S/C14H19BrO3/c1-3-8-17-10-4-6-11(7-5-10)18-13-9-12(15)14(13)16-2/h4-7,12-14H,3,8-9H2,1-2H3. The lowest BCUT2D eigenvalue weighted by Gasteiger charge is -2.40. The highest BCUT2D eigenvalue weighted by molar-refractivity contribution is 9.09. The summed E-state index contributed by atoms with van der Waals surface area (Å²) in [6.07, 6.45) is 2.28. The van der Waals surface area contributed by atoms with Crippen LogP contribution in [-0.4, -0.2) is 30.8 Å². The molecule has 4 heteroatoms. The molecule has 1 aliphatic rings. The summed E-state index contributed by atoms with van der Waals surface area (Å²) in [5, 5.41) is 0. The second kappa shape index (κ2) is 6.43. The second-order valence-corrected chi connectivity index (χ2v) is 5.60. The van der Waals surface area contributed by atoms with Crippen LogP contribution in [0.5, 0.6) is 11.5 Å². The van der Waals surface area contributed by atoms with Crippen LogP contribution in [0.1, 0.15) is 19.8 Å². The molecule has 0 radical (unpaired) electrons. The maximum absolute atomic E-state index is 5.87. The van der Waals surface area contributed by atoms with E-state index in [2.05, 4.69) is 22.9 Å². The molecule has 0 amide bonds. The molecule has 0 aliphatic heterocycles. The third-order valence-electron chi connectivity index (χ3n) is 3.04. The van der Waals surface area contributed by atoms with Crippen LogP contribution in [0.2, 0.25) is 0 Å². The Morgan fingerprint density at radius 1 is 1.22 bits per heavy atom. The second-order valence-electron chi connectivity index (χ2n) is 4.43. The fourth-order valence-corrected chi connectivity index (χ4v) is 2.88. The molecule has 0 aromatic heterocycles. The predicted octanol–water partition coefficient (Wildman–Crippen LogP) is 3.41. The highest BCUT2D eigenvalue weighted by Crippen LogP contribution is 2.34. The van der Waals surface area contributed by atoms with Crippen LogP contribution in [0.3, 0.4) is 0 Å². The number of hydrogen-bond acceptors (Lipinski definition) is 3. The van der Waals surface area contributed by atoms with Gasteiger partial charge in [-0.25, -0.2) is 0 Å². The first-order chi connectivity index (χ1) is 8.74. The third-order valence-corrected chi connectivity index (χ3v) is 3.93. The van der Waals surface area contributed by atoms with E-state index in [0.29, 0.717) is 4.83 Å². The fourth-order valence-electron chi connectivity index (χ4n) is 1.95.